The van der Waals surface area contributed by atoms with Gasteiger partial charge < -0.3 is 10.0 Å². The molecule has 1 aromatic heterocycles. The number of pyridine rings is 1. The summed E-state index contributed by atoms with van der Waals surface area (Å²) < 4.78 is 0. The normalized spacial score (nSPS) is 13.8. The van der Waals surface area contributed by atoms with Gasteiger partial charge in [0.15, 0.2) is 0 Å². The number of halogens is 1. The number of rotatable bonds is 4. The Morgan fingerprint density at radius 3 is 2.40 bits per heavy atom. The number of anilines is 1. The van der Waals surface area contributed by atoms with Crippen LogP contribution in [0.3, 0.4) is 0 Å². The minimum absolute atomic E-state index is 0.119. The fourth-order valence-corrected chi connectivity index (χ4v) is 2.37. The van der Waals surface area contributed by atoms with Crippen LogP contribution in [0.1, 0.15) is 37.1 Å². The van der Waals surface area contributed by atoms with E-state index in [1.54, 1.807) is 13.1 Å². The second kappa shape index (κ2) is 6.25. The third-order valence-corrected chi connectivity index (χ3v) is 3.89. The van der Waals surface area contributed by atoms with E-state index in [4.69, 9.17) is 11.6 Å². The van der Waals surface area contributed by atoms with Gasteiger partial charge in [-0.05, 0) is 37.1 Å². The molecule has 1 N–H and O–H groups in total. The molecule has 0 amide bonds. The van der Waals surface area contributed by atoms with Crippen molar-refractivity contribution in [2.24, 2.45) is 0 Å². The van der Waals surface area contributed by atoms with Gasteiger partial charge in [0.05, 0.1) is 12.1 Å². The van der Waals surface area contributed by atoms with Crippen molar-refractivity contribution >= 4 is 17.4 Å². The zero-order valence-electron chi connectivity index (χ0n) is 11.9. The Morgan fingerprint density at radius 1 is 1.15 bits per heavy atom. The van der Waals surface area contributed by atoms with Gasteiger partial charge in [-0.25, -0.2) is 4.98 Å². The zero-order valence-corrected chi connectivity index (χ0v) is 12.7. The molecule has 1 aromatic carbocycles. The molecule has 20 heavy (non-hydrogen) atoms. The van der Waals surface area contributed by atoms with E-state index in [0.717, 1.165) is 22.0 Å². The van der Waals surface area contributed by atoms with Gasteiger partial charge in [0, 0.05) is 18.3 Å². The number of nitrogens with zero attached hydrogens (tertiary/aromatic N) is 2. The van der Waals surface area contributed by atoms with E-state index in [1.165, 1.54) is 0 Å². The Balaban J connectivity index is 2.22. The third-order valence-electron chi connectivity index (χ3n) is 3.55. The zero-order chi connectivity index (χ0) is 14.7. The monoisotopic (exact) mass is 290 g/mol. The molecule has 0 aliphatic rings. The standard InChI is InChI=1S/C16H19ClN2O/c1-11(14-6-4-5-7-15(14)17)19(3)16-9-8-13(10-18-16)12(2)20/h4-12,20H,1-3H3/t11?,12-/m0/s1. The first-order valence-electron chi connectivity index (χ1n) is 6.62. The largest absolute Gasteiger partial charge is 0.389 e. The first-order chi connectivity index (χ1) is 9.50. The molecule has 1 unspecified atom stereocenters. The number of hydrogen-bond acceptors (Lipinski definition) is 3. The summed E-state index contributed by atoms with van der Waals surface area (Å²) in [6, 6.07) is 11.7. The molecule has 0 aliphatic heterocycles. The Labute approximate surface area is 124 Å². The predicted molar refractivity (Wildman–Crippen MR) is 83.1 cm³/mol. The number of hydrogen-bond donors (Lipinski definition) is 1. The molecule has 2 atom stereocenters. The minimum Gasteiger partial charge on any atom is -0.389 e. The van der Waals surface area contributed by atoms with E-state index in [0.29, 0.717) is 0 Å². The first kappa shape index (κ1) is 14.8. The molecule has 0 bridgehead atoms. The van der Waals surface area contributed by atoms with E-state index in [1.807, 2.05) is 43.4 Å². The Morgan fingerprint density at radius 2 is 1.85 bits per heavy atom. The van der Waals surface area contributed by atoms with E-state index >= 15 is 0 Å². The number of benzene rings is 1. The van der Waals surface area contributed by atoms with E-state index in [9.17, 15) is 5.11 Å². The second-order valence-corrected chi connectivity index (χ2v) is 5.34. The van der Waals surface area contributed by atoms with Gasteiger partial charge >= 0.3 is 0 Å². The molecule has 3 nitrogen and oxygen atoms in total. The lowest BCUT2D eigenvalue weighted by molar-refractivity contribution is 0.199. The summed E-state index contributed by atoms with van der Waals surface area (Å²) in [5.74, 6) is 0.849. The molecule has 1 heterocycles. The fraction of sp³-hybridized carbons (Fsp3) is 0.312. The van der Waals surface area contributed by atoms with Crippen LogP contribution in [0, 0.1) is 0 Å². The maximum atomic E-state index is 9.51. The van der Waals surface area contributed by atoms with Crippen molar-refractivity contribution in [2.45, 2.75) is 26.0 Å². The average Bonchev–Trinajstić information content (AvgIpc) is 2.46. The highest BCUT2D eigenvalue weighted by molar-refractivity contribution is 6.31. The number of aromatic nitrogens is 1. The van der Waals surface area contributed by atoms with Gasteiger partial charge in [-0.2, -0.15) is 0 Å². The molecule has 4 heteroatoms. The molecule has 2 aromatic rings. The summed E-state index contributed by atoms with van der Waals surface area (Å²) in [7, 11) is 1.98. The molecular weight excluding hydrogens is 272 g/mol. The topological polar surface area (TPSA) is 36.4 Å². The third kappa shape index (κ3) is 3.11. The molecule has 0 saturated heterocycles. The van der Waals surface area contributed by atoms with Gasteiger partial charge in [-0.1, -0.05) is 35.9 Å². The van der Waals surface area contributed by atoms with Crippen LogP contribution in [0.5, 0.6) is 0 Å². The summed E-state index contributed by atoms with van der Waals surface area (Å²) in [6.07, 6.45) is 1.21. The highest BCUT2D eigenvalue weighted by Gasteiger charge is 2.16. The van der Waals surface area contributed by atoms with Gasteiger partial charge in [0.2, 0.25) is 0 Å². The Bertz CT molecular complexity index is 569. The maximum Gasteiger partial charge on any atom is 0.128 e. The highest BCUT2D eigenvalue weighted by atomic mass is 35.5. The number of aliphatic hydroxyl groups is 1. The van der Waals surface area contributed by atoms with Crippen molar-refractivity contribution < 1.29 is 5.11 Å². The smallest absolute Gasteiger partial charge is 0.128 e. The van der Waals surface area contributed by atoms with Crippen LogP contribution in [0.2, 0.25) is 5.02 Å². The molecule has 0 radical (unpaired) electrons. The van der Waals surface area contributed by atoms with Gasteiger partial charge in [0.1, 0.15) is 5.82 Å². The van der Waals surface area contributed by atoms with Crippen molar-refractivity contribution in [1.29, 1.82) is 0 Å². The van der Waals surface area contributed by atoms with E-state index < -0.39 is 6.10 Å². The van der Waals surface area contributed by atoms with Crippen LogP contribution in [0.25, 0.3) is 0 Å². The first-order valence-corrected chi connectivity index (χ1v) is 6.99. The summed E-state index contributed by atoms with van der Waals surface area (Å²) >= 11 is 6.24. The van der Waals surface area contributed by atoms with Crippen LogP contribution < -0.4 is 4.90 Å². The molecular formula is C16H19ClN2O. The average molecular weight is 291 g/mol. The molecule has 2 rings (SSSR count). The molecule has 106 valence electrons. The van der Waals surface area contributed by atoms with Gasteiger partial charge in [-0.3, -0.25) is 0 Å². The summed E-state index contributed by atoms with van der Waals surface area (Å²) in [4.78, 5) is 6.46. The van der Waals surface area contributed by atoms with Crippen molar-refractivity contribution in [3.05, 3.63) is 58.7 Å². The van der Waals surface area contributed by atoms with Crippen LogP contribution in [-0.4, -0.2) is 17.1 Å². The Kier molecular flexibility index (Phi) is 4.63. The minimum atomic E-state index is -0.497. The van der Waals surface area contributed by atoms with Crippen molar-refractivity contribution in [2.75, 3.05) is 11.9 Å². The van der Waals surface area contributed by atoms with Crippen LogP contribution in [-0.2, 0) is 0 Å². The van der Waals surface area contributed by atoms with Gasteiger partial charge in [0.25, 0.3) is 0 Å². The quantitative estimate of drug-likeness (QED) is 0.925. The maximum absolute atomic E-state index is 9.51. The van der Waals surface area contributed by atoms with E-state index in [2.05, 4.69) is 16.8 Å². The summed E-state index contributed by atoms with van der Waals surface area (Å²) in [5, 5.41) is 10.3. The van der Waals surface area contributed by atoms with Crippen LogP contribution >= 0.6 is 11.6 Å². The summed E-state index contributed by atoms with van der Waals surface area (Å²) in [5.41, 5.74) is 1.88. The van der Waals surface area contributed by atoms with Crippen LogP contribution in [0.15, 0.2) is 42.6 Å². The summed E-state index contributed by atoms with van der Waals surface area (Å²) in [6.45, 7) is 3.82. The lowest BCUT2D eigenvalue weighted by Gasteiger charge is -2.27. The second-order valence-electron chi connectivity index (χ2n) is 4.93. The Hall–Kier alpha value is -1.58. The van der Waals surface area contributed by atoms with Crippen molar-refractivity contribution in [3.63, 3.8) is 0 Å². The van der Waals surface area contributed by atoms with Gasteiger partial charge in [-0.15, -0.1) is 0 Å². The van der Waals surface area contributed by atoms with E-state index in [-0.39, 0.29) is 6.04 Å². The predicted octanol–water partition coefficient (Wildman–Crippen LogP) is 3.99. The lowest BCUT2D eigenvalue weighted by atomic mass is 10.1. The fourth-order valence-electron chi connectivity index (χ4n) is 2.07. The molecule has 0 saturated carbocycles. The van der Waals surface area contributed by atoms with Crippen molar-refractivity contribution in [3.8, 4) is 0 Å². The lowest BCUT2D eigenvalue weighted by Crippen LogP contribution is -2.22. The number of aliphatic hydroxyl groups excluding tert-OH is 1. The highest BCUT2D eigenvalue weighted by Crippen LogP contribution is 2.29. The van der Waals surface area contributed by atoms with Crippen molar-refractivity contribution in [1.82, 2.24) is 4.98 Å². The molecule has 0 aliphatic carbocycles. The SMILES string of the molecule is CC(c1ccccc1Cl)N(C)c1ccc([C@H](C)O)cn1. The molecule has 0 fully saturated rings. The van der Waals surface area contributed by atoms with Crippen LogP contribution in [0.4, 0.5) is 5.82 Å². The molecule has 0 spiro atoms.